The molecule has 26 heavy (non-hydrogen) atoms. The van der Waals surface area contributed by atoms with Crippen molar-refractivity contribution in [2.24, 2.45) is 5.92 Å². The Kier molecular flexibility index (Phi) is 7.45. The van der Waals surface area contributed by atoms with Gasteiger partial charge in [-0.3, -0.25) is 9.59 Å². The first kappa shape index (κ1) is 20.2. The first-order chi connectivity index (χ1) is 12.4. The van der Waals surface area contributed by atoms with E-state index >= 15 is 0 Å². The van der Waals surface area contributed by atoms with E-state index in [1.165, 1.54) is 0 Å². The van der Waals surface area contributed by atoms with E-state index in [0.29, 0.717) is 12.2 Å². The topological polar surface area (TPSA) is 70.7 Å². The lowest BCUT2D eigenvalue weighted by molar-refractivity contribution is -0.125. The van der Waals surface area contributed by atoms with Crippen LogP contribution in [-0.2, 0) is 4.79 Å². The normalized spacial score (nSPS) is 17.0. The van der Waals surface area contributed by atoms with Gasteiger partial charge in [-0.25, -0.2) is 0 Å². The van der Waals surface area contributed by atoms with Crippen molar-refractivity contribution >= 4 is 11.8 Å². The summed E-state index contributed by atoms with van der Waals surface area (Å²) in [5.74, 6) is 0.386. The molecule has 1 atom stereocenters. The highest BCUT2D eigenvalue weighted by atomic mass is 16.5. The minimum atomic E-state index is -0.547. The molecule has 144 valence electrons. The number of rotatable bonds is 7. The number of nitrogens with zero attached hydrogens (tertiary/aromatic N) is 1. The fraction of sp³-hybridized carbons (Fsp3) is 0.600. The Morgan fingerprint density at radius 3 is 2.35 bits per heavy atom. The predicted octanol–water partition coefficient (Wildman–Crippen LogP) is 2.05. The van der Waals surface area contributed by atoms with Crippen LogP contribution < -0.4 is 15.4 Å². The summed E-state index contributed by atoms with van der Waals surface area (Å²) in [6.07, 6.45) is 1.89. The van der Waals surface area contributed by atoms with Gasteiger partial charge in [0, 0.05) is 11.6 Å². The zero-order chi connectivity index (χ0) is 19.1. The summed E-state index contributed by atoms with van der Waals surface area (Å²) in [5.41, 5.74) is 0.520. The van der Waals surface area contributed by atoms with Crippen LogP contribution in [0.15, 0.2) is 24.3 Å². The van der Waals surface area contributed by atoms with Gasteiger partial charge in [-0.1, -0.05) is 13.8 Å². The van der Waals surface area contributed by atoms with E-state index in [4.69, 9.17) is 4.74 Å². The Hall–Kier alpha value is -2.08. The van der Waals surface area contributed by atoms with Gasteiger partial charge in [0.2, 0.25) is 5.91 Å². The summed E-state index contributed by atoms with van der Waals surface area (Å²) in [6, 6.07) is 6.60. The average molecular weight is 361 g/mol. The number of carbonyl (C=O) groups excluding carboxylic acids is 2. The molecule has 0 saturated carbocycles. The van der Waals surface area contributed by atoms with Crippen LogP contribution in [0.3, 0.4) is 0 Å². The Labute approximate surface area is 156 Å². The summed E-state index contributed by atoms with van der Waals surface area (Å²) in [7, 11) is 2.09. The number of ether oxygens (including phenoxy) is 1. The molecular weight excluding hydrogens is 330 g/mol. The van der Waals surface area contributed by atoms with Crippen molar-refractivity contribution in [1.82, 2.24) is 15.5 Å². The SMILES string of the molecule is CCOc1ccc(C(=O)NC(C(=O)NC2CCN(C)CC2)C(C)C)cc1. The molecule has 1 aromatic carbocycles. The second kappa shape index (κ2) is 9.57. The summed E-state index contributed by atoms with van der Waals surface area (Å²) in [6.45, 7) is 8.34. The summed E-state index contributed by atoms with van der Waals surface area (Å²) < 4.78 is 5.39. The molecule has 6 nitrogen and oxygen atoms in total. The molecule has 1 aromatic rings. The first-order valence-electron chi connectivity index (χ1n) is 9.43. The highest BCUT2D eigenvalue weighted by Crippen LogP contribution is 2.14. The number of likely N-dealkylation sites (tertiary alicyclic amines) is 1. The Morgan fingerprint density at radius 1 is 1.19 bits per heavy atom. The third-order valence-corrected chi connectivity index (χ3v) is 4.73. The summed E-state index contributed by atoms with van der Waals surface area (Å²) in [5, 5.41) is 5.98. The molecule has 2 N–H and O–H groups in total. The van der Waals surface area contributed by atoms with Crippen molar-refractivity contribution in [2.45, 2.75) is 45.7 Å². The zero-order valence-electron chi connectivity index (χ0n) is 16.2. The molecule has 6 heteroatoms. The van der Waals surface area contributed by atoms with E-state index in [0.717, 1.165) is 31.7 Å². The molecule has 2 amide bonds. The van der Waals surface area contributed by atoms with Gasteiger partial charge < -0.3 is 20.3 Å². The molecule has 0 aliphatic carbocycles. The van der Waals surface area contributed by atoms with E-state index in [-0.39, 0.29) is 23.8 Å². The second-order valence-corrected chi connectivity index (χ2v) is 7.24. The van der Waals surface area contributed by atoms with Gasteiger partial charge in [-0.2, -0.15) is 0 Å². The number of benzene rings is 1. The van der Waals surface area contributed by atoms with Crippen molar-refractivity contribution < 1.29 is 14.3 Å². The van der Waals surface area contributed by atoms with Crippen molar-refractivity contribution in [3.05, 3.63) is 29.8 Å². The van der Waals surface area contributed by atoms with Crippen LogP contribution in [0.1, 0.15) is 44.0 Å². The minimum Gasteiger partial charge on any atom is -0.494 e. The van der Waals surface area contributed by atoms with Gasteiger partial charge in [0.1, 0.15) is 11.8 Å². The van der Waals surface area contributed by atoms with Gasteiger partial charge in [-0.15, -0.1) is 0 Å². The largest absolute Gasteiger partial charge is 0.494 e. The second-order valence-electron chi connectivity index (χ2n) is 7.24. The Bertz CT molecular complexity index is 593. The molecule has 0 radical (unpaired) electrons. The molecule has 2 rings (SSSR count). The van der Waals surface area contributed by atoms with Crippen molar-refractivity contribution in [2.75, 3.05) is 26.7 Å². The van der Waals surface area contributed by atoms with Crippen LogP contribution in [-0.4, -0.2) is 55.5 Å². The van der Waals surface area contributed by atoms with Crippen LogP contribution in [0.4, 0.5) is 0 Å². The Balaban J connectivity index is 1.95. The fourth-order valence-electron chi connectivity index (χ4n) is 3.07. The molecule has 1 aliphatic heterocycles. The number of carbonyl (C=O) groups is 2. The molecule has 1 saturated heterocycles. The first-order valence-corrected chi connectivity index (χ1v) is 9.43. The van der Waals surface area contributed by atoms with Crippen molar-refractivity contribution in [1.29, 1.82) is 0 Å². The highest BCUT2D eigenvalue weighted by Gasteiger charge is 2.27. The number of hydrogen-bond acceptors (Lipinski definition) is 4. The smallest absolute Gasteiger partial charge is 0.251 e. The summed E-state index contributed by atoms with van der Waals surface area (Å²) in [4.78, 5) is 27.5. The molecule has 1 fully saturated rings. The lowest BCUT2D eigenvalue weighted by Gasteiger charge is -2.31. The van der Waals surface area contributed by atoms with E-state index in [2.05, 4.69) is 22.6 Å². The van der Waals surface area contributed by atoms with Crippen molar-refractivity contribution in [3.8, 4) is 5.75 Å². The van der Waals surface area contributed by atoms with Crippen LogP contribution in [0.2, 0.25) is 0 Å². The maximum absolute atomic E-state index is 12.7. The van der Waals surface area contributed by atoms with Crippen LogP contribution >= 0.6 is 0 Å². The quantitative estimate of drug-likeness (QED) is 0.780. The molecular formula is C20H31N3O3. The molecule has 0 spiro atoms. The van der Waals surface area contributed by atoms with Gasteiger partial charge >= 0.3 is 0 Å². The van der Waals surface area contributed by atoms with Gasteiger partial charge in [0.15, 0.2) is 0 Å². The standard InChI is InChI=1S/C20H31N3O3/c1-5-26-17-8-6-15(7-9-17)19(24)22-18(14(2)3)20(25)21-16-10-12-23(4)13-11-16/h6-9,14,16,18H,5,10-13H2,1-4H3,(H,21,25)(H,22,24). The highest BCUT2D eigenvalue weighted by molar-refractivity contribution is 5.97. The third kappa shape index (κ3) is 5.73. The van der Waals surface area contributed by atoms with Gasteiger partial charge in [0.05, 0.1) is 6.61 Å². The molecule has 0 bridgehead atoms. The van der Waals surface area contributed by atoms with Crippen LogP contribution in [0.5, 0.6) is 5.75 Å². The maximum Gasteiger partial charge on any atom is 0.251 e. The molecule has 1 heterocycles. The van der Waals surface area contributed by atoms with Crippen LogP contribution in [0.25, 0.3) is 0 Å². The molecule has 0 aromatic heterocycles. The molecule has 1 unspecified atom stereocenters. The number of nitrogens with one attached hydrogen (secondary N) is 2. The van der Waals surface area contributed by atoms with Crippen molar-refractivity contribution in [3.63, 3.8) is 0 Å². The molecule has 1 aliphatic rings. The van der Waals surface area contributed by atoms with Gasteiger partial charge in [-0.05, 0) is 70.1 Å². The van der Waals surface area contributed by atoms with E-state index in [9.17, 15) is 9.59 Å². The zero-order valence-corrected chi connectivity index (χ0v) is 16.2. The number of hydrogen-bond donors (Lipinski definition) is 2. The van der Waals surface area contributed by atoms with E-state index in [1.807, 2.05) is 20.8 Å². The average Bonchev–Trinajstić information content (AvgIpc) is 2.62. The lowest BCUT2D eigenvalue weighted by atomic mass is 10.0. The lowest BCUT2D eigenvalue weighted by Crippen LogP contribution is -2.53. The Morgan fingerprint density at radius 2 is 1.81 bits per heavy atom. The third-order valence-electron chi connectivity index (χ3n) is 4.73. The van der Waals surface area contributed by atoms with E-state index < -0.39 is 6.04 Å². The predicted molar refractivity (Wildman–Crippen MR) is 102 cm³/mol. The van der Waals surface area contributed by atoms with Gasteiger partial charge in [0.25, 0.3) is 5.91 Å². The summed E-state index contributed by atoms with van der Waals surface area (Å²) >= 11 is 0. The monoisotopic (exact) mass is 361 g/mol. The number of amides is 2. The van der Waals surface area contributed by atoms with Crippen LogP contribution in [0, 0.1) is 5.92 Å². The maximum atomic E-state index is 12.7. The minimum absolute atomic E-state index is 0.00733. The number of piperidine rings is 1. The fourth-order valence-corrected chi connectivity index (χ4v) is 3.07. The van der Waals surface area contributed by atoms with E-state index in [1.54, 1.807) is 24.3 Å².